The van der Waals surface area contributed by atoms with Gasteiger partial charge in [-0.05, 0) is 35.9 Å². The van der Waals surface area contributed by atoms with E-state index in [9.17, 15) is 17.6 Å². The Morgan fingerprint density at radius 1 is 1.05 bits per heavy atom. The van der Waals surface area contributed by atoms with E-state index in [1.165, 1.54) is 35.2 Å². The van der Waals surface area contributed by atoms with Gasteiger partial charge < -0.3 is 4.90 Å². The lowest BCUT2D eigenvalue weighted by atomic mass is 10.1. The maximum Gasteiger partial charge on any atom is 0.416 e. The minimum Gasteiger partial charge on any atom is -0.345 e. The van der Waals surface area contributed by atoms with E-state index in [1.807, 2.05) is 0 Å². The largest absolute Gasteiger partial charge is 0.416 e. The smallest absolute Gasteiger partial charge is 0.345 e. The normalized spacial score (nSPS) is 11.5. The van der Waals surface area contributed by atoms with Gasteiger partial charge in [0.25, 0.3) is 0 Å². The highest BCUT2D eigenvalue weighted by molar-refractivity contribution is 6.17. The Kier molecular flexibility index (Phi) is 4.42. The fourth-order valence-corrected chi connectivity index (χ4v) is 2.22. The van der Waals surface area contributed by atoms with Crippen LogP contribution in [0.4, 0.5) is 28.9 Å². The Morgan fingerprint density at radius 3 is 2.29 bits per heavy atom. The molecule has 0 aliphatic carbocycles. The molecule has 0 fully saturated rings. The molecule has 0 spiro atoms. The van der Waals surface area contributed by atoms with Crippen LogP contribution in [-0.4, -0.2) is 7.05 Å². The fraction of sp³-hybridized carbons (Fsp3) is 0.200. The topological polar surface area (TPSA) is 3.24 Å². The van der Waals surface area contributed by atoms with Crippen molar-refractivity contribution in [2.24, 2.45) is 0 Å². The zero-order valence-corrected chi connectivity index (χ0v) is 11.8. The number of rotatable bonds is 3. The van der Waals surface area contributed by atoms with E-state index < -0.39 is 17.6 Å². The standard InChI is InChI=1S/C15H12ClF4N/c1-21(12-4-2-3-11(17)7-12)13-6-5-10(9-16)14(8-13)15(18,19)20/h2-8H,9H2,1H3. The molecule has 0 amide bonds. The van der Waals surface area contributed by atoms with Crippen LogP contribution in [0, 0.1) is 5.82 Å². The Balaban J connectivity index is 2.45. The SMILES string of the molecule is CN(c1cccc(F)c1)c1ccc(CCl)c(C(F)(F)F)c1. The lowest BCUT2D eigenvalue weighted by Gasteiger charge is -2.22. The van der Waals surface area contributed by atoms with Gasteiger partial charge in [0.2, 0.25) is 0 Å². The molecule has 2 rings (SSSR count). The molecule has 112 valence electrons. The molecule has 0 bridgehead atoms. The Hall–Kier alpha value is -1.75. The molecule has 0 N–H and O–H groups in total. The number of alkyl halides is 4. The minimum atomic E-state index is -4.48. The highest BCUT2D eigenvalue weighted by Crippen LogP contribution is 2.36. The van der Waals surface area contributed by atoms with Crippen molar-refractivity contribution in [2.45, 2.75) is 12.1 Å². The van der Waals surface area contributed by atoms with Crippen LogP contribution >= 0.6 is 11.6 Å². The first kappa shape index (κ1) is 15.6. The number of anilines is 2. The van der Waals surface area contributed by atoms with Gasteiger partial charge in [-0.1, -0.05) is 12.1 Å². The molecule has 0 saturated carbocycles. The van der Waals surface area contributed by atoms with Crippen LogP contribution in [0.25, 0.3) is 0 Å². The highest BCUT2D eigenvalue weighted by Gasteiger charge is 2.33. The zero-order valence-electron chi connectivity index (χ0n) is 11.1. The van der Waals surface area contributed by atoms with Crippen molar-refractivity contribution in [3.63, 3.8) is 0 Å². The fourth-order valence-electron chi connectivity index (χ4n) is 1.99. The number of benzene rings is 2. The quantitative estimate of drug-likeness (QED) is 0.545. The summed E-state index contributed by atoms with van der Waals surface area (Å²) in [5, 5.41) is 0. The van der Waals surface area contributed by atoms with Crippen molar-refractivity contribution in [3.8, 4) is 0 Å². The zero-order chi connectivity index (χ0) is 15.6. The number of hydrogen-bond donors (Lipinski definition) is 0. The van der Waals surface area contributed by atoms with Gasteiger partial charge in [-0.2, -0.15) is 13.2 Å². The highest BCUT2D eigenvalue weighted by atomic mass is 35.5. The van der Waals surface area contributed by atoms with Gasteiger partial charge in [0.1, 0.15) is 5.82 Å². The van der Waals surface area contributed by atoms with E-state index in [2.05, 4.69) is 0 Å². The molecule has 21 heavy (non-hydrogen) atoms. The number of halogens is 5. The van der Waals surface area contributed by atoms with Crippen molar-refractivity contribution in [1.82, 2.24) is 0 Å². The minimum absolute atomic E-state index is 0.0144. The van der Waals surface area contributed by atoms with Gasteiger partial charge in [-0.15, -0.1) is 11.6 Å². The predicted molar refractivity (Wildman–Crippen MR) is 75.5 cm³/mol. The summed E-state index contributed by atoms with van der Waals surface area (Å²) >= 11 is 5.54. The second kappa shape index (κ2) is 5.93. The molecule has 0 aliphatic heterocycles. The van der Waals surface area contributed by atoms with Crippen LogP contribution in [0.15, 0.2) is 42.5 Å². The average Bonchev–Trinajstić information content (AvgIpc) is 2.45. The third-order valence-corrected chi connectivity index (χ3v) is 3.41. The molecule has 0 saturated heterocycles. The van der Waals surface area contributed by atoms with E-state index in [0.717, 1.165) is 6.07 Å². The summed E-state index contributed by atoms with van der Waals surface area (Å²) in [6.07, 6.45) is -4.48. The third-order valence-electron chi connectivity index (χ3n) is 3.13. The molecule has 0 radical (unpaired) electrons. The summed E-state index contributed by atoms with van der Waals surface area (Å²) in [6.45, 7) is 0. The second-order valence-electron chi connectivity index (χ2n) is 4.51. The predicted octanol–water partition coefficient (Wildman–Crippen LogP) is 5.35. The van der Waals surface area contributed by atoms with Gasteiger partial charge >= 0.3 is 6.18 Å². The molecule has 1 nitrogen and oxygen atoms in total. The maximum atomic E-state index is 13.2. The molecule has 0 unspecified atom stereocenters. The van der Waals surface area contributed by atoms with Crippen LogP contribution < -0.4 is 4.90 Å². The maximum absolute atomic E-state index is 13.2. The van der Waals surface area contributed by atoms with Crippen molar-refractivity contribution in [1.29, 1.82) is 0 Å². The number of hydrogen-bond acceptors (Lipinski definition) is 1. The van der Waals surface area contributed by atoms with Crippen LogP contribution in [0.5, 0.6) is 0 Å². The lowest BCUT2D eigenvalue weighted by Crippen LogP contribution is -2.13. The Labute approximate surface area is 124 Å². The Morgan fingerprint density at radius 2 is 1.71 bits per heavy atom. The molecule has 0 aromatic heterocycles. The van der Waals surface area contributed by atoms with Gasteiger partial charge in [0.15, 0.2) is 0 Å². The van der Waals surface area contributed by atoms with E-state index >= 15 is 0 Å². The van der Waals surface area contributed by atoms with E-state index in [4.69, 9.17) is 11.6 Å². The Bertz CT molecular complexity index is 640. The van der Waals surface area contributed by atoms with E-state index in [0.29, 0.717) is 11.4 Å². The molecule has 2 aromatic rings. The van der Waals surface area contributed by atoms with Crippen molar-refractivity contribution in [2.75, 3.05) is 11.9 Å². The molecular formula is C15H12ClF4N. The monoisotopic (exact) mass is 317 g/mol. The van der Waals surface area contributed by atoms with Crippen LogP contribution in [-0.2, 0) is 12.1 Å². The van der Waals surface area contributed by atoms with E-state index in [1.54, 1.807) is 13.1 Å². The van der Waals surface area contributed by atoms with Crippen LogP contribution in [0.2, 0.25) is 0 Å². The lowest BCUT2D eigenvalue weighted by molar-refractivity contribution is -0.138. The first-order valence-corrected chi connectivity index (χ1v) is 6.62. The third kappa shape index (κ3) is 3.47. The summed E-state index contributed by atoms with van der Waals surface area (Å²) in [5.41, 5.74) is 0.00218. The summed E-state index contributed by atoms with van der Waals surface area (Å²) in [5.74, 6) is -0.675. The van der Waals surface area contributed by atoms with Gasteiger partial charge in [-0.25, -0.2) is 4.39 Å². The van der Waals surface area contributed by atoms with Gasteiger partial charge in [0.05, 0.1) is 5.56 Å². The van der Waals surface area contributed by atoms with Gasteiger partial charge in [-0.3, -0.25) is 0 Å². The molecule has 0 atom stereocenters. The molecular weight excluding hydrogens is 306 g/mol. The van der Waals surface area contributed by atoms with Crippen molar-refractivity contribution < 1.29 is 17.6 Å². The summed E-state index contributed by atoms with van der Waals surface area (Å²) in [7, 11) is 1.57. The van der Waals surface area contributed by atoms with Crippen LogP contribution in [0.1, 0.15) is 11.1 Å². The van der Waals surface area contributed by atoms with Gasteiger partial charge in [0, 0.05) is 24.3 Å². The molecule has 6 heteroatoms. The molecule has 2 aromatic carbocycles. The van der Waals surface area contributed by atoms with E-state index in [-0.39, 0.29) is 11.4 Å². The summed E-state index contributed by atoms with van der Waals surface area (Å²) in [6, 6.07) is 9.52. The number of nitrogens with zero attached hydrogens (tertiary/aromatic N) is 1. The van der Waals surface area contributed by atoms with Crippen LogP contribution in [0.3, 0.4) is 0 Å². The van der Waals surface area contributed by atoms with Crippen molar-refractivity contribution in [3.05, 3.63) is 59.4 Å². The average molecular weight is 318 g/mol. The summed E-state index contributed by atoms with van der Waals surface area (Å²) < 4.78 is 52.2. The molecule has 0 heterocycles. The molecule has 0 aliphatic rings. The second-order valence-corrected chi connectivity index (χ2v) is 4.78. The first-order chi connectivity index (χ1) is 9.82. The summed E-state index contributed by atoms with van der Waals surface area (Å²) in [4.78, 5) is 1.48. The first-order valence-electron chi connectivity index (χ1n) is 6.08. The van der Waals surface area contributed by atoms with Crippen molar-refractivity contribution >= 4 is 23.0 Å².